The van der Waals surface area contributed by atoms with Crippen molar-refractivity contribution in [2.24, 2.45) is 5.92 Å². The molecule has 0 bridgehead atoms. The van der Waals surface area contributed by atoms with Crippen molar-refractivity contribution < 1.29 is 9.59 Å². The first kappa shape index (κ1) is 24.2. The molecule has 4 N–H and O–H groups in total. The Morgan fingerprint density at radius 2 is 1.68 bits per heavy atom. The number of carbonyl (C=O) groups excluding carboxylic acids is 2. The van der Waals surface area contributed by atoms with Gasteiger partial charge in [0.25, 0.3) is 0 Å². The van der Waals surface area contributed by atoms with Crippen molar-refractivity contribution in [2.75, 3.05) is 18.4 Å². The van der Waals surface area contributed by atoms with Crippen LogP contribution in [-0.4, -0.2) is 40.5 Å². The minimum atomic E-state index is -0.690. The van der Waals surface area contributed by atoms with Crippen molar-refractivity contribution in [1.29, 1.82) is 0 Å². The zero-order chi connectivity index (χ0) is 26.1. The zero-order valence-corrected chi connectivity index (χ0v) is 21.6. The van der Waals surface area contributed by atoms with Crippen molar-refractivity contribution >= 4 is 50.2 Å². The highest BCUT2D eigenvalue weighted by Gasteiger charge is 2.28. The maximum absolute atomic E-state index is 13.7. The molecule has 0 radical (unpaired) electrons. The van der Waals surface area contributed by atoms with Crippen molar-refractivity contribution in [3.8, 4) is 0 Å². The molecular formula is C31H33N5O2. The maximum Gasteiger partial charge on any atom is 0.247 e. The monoisotopic (exact) mass is 507 g/mol. The molecule has 0 aliphatic carbocycles. The fourth-order valence-corrected chi connectivity index (χ4v) is 5.80. The number of amides is 2. The number of aromatic amines is 1. The van der Waals surface area contributed by atoms with Gasteiger partial charge in [-0.1, -0.05) is 42.5 Å². The number of aromatic nitrogens is 2. The fourth-order valence-electron chi connectivity index (χ4n) is 5.80. The number of hydrogen-bond donors (Lipinski definition) is 4. The van der Waals surface area contributed by atoms with Crippen LogP contribution in [0, 0.1) is 5.92 Å². The summed E-state index contributed by atoms with van der Waals surface area (Å²) in [5, 5.41) is 12.9. The lowest BCUT2D eigenvalue weighted by atomic mass is 9.96. The summed E-state index contributed by atoms with van der Waals surface area (Å²) in [6, 6.07) is 21.8. The Balaban J connectivity index is 1.29. The van der Waals surface area contributed by atoms with Crippen LogP contribution in [0.3, 0.4) is 0 Å². The lowest BCUT2D eigenvalue weighted by Gasteiger charge is -2.25. The Morgan fingerprint density at radius 3 is 2.50 bits per heavy atom. The molecule has 1 unspecified atom stereocenters. The van der Waals surface area contributed by atoms with Crippen LogP contribution >= 0.6 is 0 Å². The van der Waals surface area contributed by atoms with Crippen LogP contribution in [0.1, 0.15) is 25.3 Å². The van der Waals surface area contributed by atoms with Crippen molar-refractivity contribution in [3.05, 3.63) is 78.5 Å². The van der Waals surface area contributed by atoms with Gasteiger partial charge in [0, 0.05) is 58.0 Å². The minimum Gasteiger partial charge on any atom is -0.361 e. The fraction of sp³-hybridized carbons (Fsp3) is 0.290. The summed E-state index contributed by atoms with van der Waals surface area (Å²) in [7, 11) is 0. The molecule has 6 rings (SSSR count). The first-order valence-electron chi connectivity index (χ1n) is 13.5. The highest BCUT2D eigenvalue weighted by molar-refractivity contribution is 6.09. The van der Waals surface area contributed by atoms with Gasteiger partial charge in [0.15, 0.2) is 0 Å². The number of nitrogens with one attached hydrogen (secondary N) is 4. The molecule has 5 aromatic rings. The van der Waals surface area contributed by atoms with Gasteiger partial charge in [0.2, 0.25) is 11.8 Å². The van der Waals surface area contributed by atoms with Crippen LogP contribution < -0.4 is 16.0 Å². The number of anilines is 1. The molecule has 0 spiro atoms. The first-order valence-corrected chi connectivity index (χ1v) is 13.5. The number of piperidine rings is 1. The summed E-state index contributed by atoms with van der Waals surface area (Å²) in [5.74, 6) is -0.338. The summed E-state index contributed by atoms with van der Waals surface area (Å²) in [5.41, 5.74) is 5.01. The molecule has 2 amide bonds. The molecular weight excluding hydrogens is 474 g/mol. The summed E-state index contributed by atoms with van der Waals surface area (Å²) in [4.78, 5) is 30.2. The van der Waals surface area contributed by atoms with Crippen LogP contribution in [0.15, 0.2) is 72.9 Å². The second-order valence-electron chi connectivity index (χ2n) is 10.1. The van der Waals surface area contributed by atoms with Gasteiger partial charge in [-0.2, -0.15) is 0 Å². The Kier molecular flexibility index (Phi) is 6.60. The number of fused-ring (bicyclic) bond motifs is 4. The third kappa shape index (κ3) is 4.54. The van der Waals surface area contributed by atoms with Gasteiger partial charge in [-0.05, 0) is 62.7 Å². The standard InChI is InChI=1S/C31H33N5O2/c1-2-36-28-10-6-4-8-24(28)25-12-11-22(18-29(25)36)34-31(38)27(35-30(37)20-13-15-32-16-14-20)17-21-19-33-26-9-5-3-7-23(21)26/h3-12,18-20,27,32-33H,2,13-17H2,1H3,(H,34,38)(H,35,37). The van der Waals surface area contributed by atoms with E-state index in [2.05, 4.69) is 62.8 Å². The molecule has 3 aromatic carbocycles. The number of hydrogen-bond acceptors (Lipinski definition) is 3. The van der Waals surface area contributed by atoms with Crippen molar-refractivity contribution in [1.82, 2.24) is 20.2 Å². The van der Waals surface area contributed by atoms with Gasteiger partial charge < -0.3 is 25.5 Å². The molecule has 2 aromatic heterocycles. The number of benzene rings is 3. The molecule has 3 heterocycles. The summed E-state index contributed by atoms with van der Waals surface area (Å²) < 4.78 is 2.27. The largest absolute Gasteiger partial charge is 0.361 e. The quantitative estimate of drug-likeness (QED) is 0.251. The Labute approximate surface area is 221 Å². The van der Waals surface area contributed by atoms with Gasteiger partial charge in [0.1, 0.15) is 6.04 Å². The third-order valence-electron chi connectivity index (χ3n) is 7.80. The van der Waals surface area contributed by atoms with E-state index in [0.717, 1.165) is 65.5 Å². The van der Waals surface area contributed by atoms with Gasteiger partial charge in [-0.3, -0.25) is 9.59 Å². The van der Waals surface area contributed by atoms with Crippen molar-refractivity contribution in [3.63, 3.8) is 0 Å². The van der Waals surface area contributed by atoms with Crippen LogP contribution in [0.25, 0.3) is 32.7 Å². The molecule has 0 saturated carbocycles. The van der Waals surface area contributed by atoms with E-state index < -0.39 is 6.04 Å². The summed E-state index contributed by atoms with van der Waals surface area (Å²) in [6.07, 6.45) is 3.91. The molecule has 38 heavy (non-hydrogen) atoms. The molecule has 194 valence electrons. The normalized spacial score (nSPS) is 15.2. The van der Waals surface area contributed by atoms with Gasteiger partial charge in [0.05, 0.1) is 5.52 Å². The second kappa shape index (κ2) is 10.3. The number of aryl methyl sites for hydroxylation is 1. The summed E-state index contributed by atoms with van der Waals surface area (Å²) >= 11 is 0. The molecule has 1 saturated heterocycles. The van der Waals surface area contributed by atoms with Crippen LogP contribution in [-0.2, 0) is 22.6 Å². The number of rotatable bonds is 7. The predicted molar refractivity (Wildman–Crippen MR) is 153 cm³/mol. The lowest BCUT2D eigenvalue weighted by Crippen LogP contribution is -2.48. The van der Waals surface area contributed by atoms with Gasteiger partial charge in [-0.15, -0.1) is 0 Å². The average molecular weight is 508 g/mol. The molecule has 1 fully saturated rings. The minimum absolute atomic E-state index is 0.0481. The second-order valence-corrected chi connectivity index (χ2v) is 10.1. The molecule has 1 aliphatic rings. The third-order valence-corrected chi connectivity index (χ3v) is 7.80. The van der Waals surface area contributed by atoms with E-state index in [9.17, 15) is 9.59 Å². The van der Waals surface area contributed by atoms with E-state index in [-0.39, 0.29) is 17.7 Å². The van der Waals surface area contributed by atoms with Crippen LogP contribution in [0.4, 0.5) is 5.69 Å². The predicted octanol–water partition coefficient (Wildman–Crippen LogP) is 4.96. The van der Waals surface area contributed by atoms with Gasteiger partial charge in [-0.25, -0.2) is 0 Å². The molecule has 7 nitrogen and oxygen atoms in total. The van der Waals surface area contributed by atoms with E-state index >= 15 is 0 Å². The topological polar surface area (TPSA) is 91.0 Å². The molecule has 7 heteroatoms. The van der Waals surface area contributed by atoms with Gasteiger partial charge >= 0.3 is 0 Å². The van der Waals surface area contributed by atoms with E-state index in [1.54, 1.807) is 0 Å². The Morgan fingerprint density at radius 1 is 0.947 bits per heavy atom. The van der Waals surface area contributed by atoms with Crippen molar-refractivity contribution in [2.45, 2.75) is 38.8 Å². The summed E-state index contributed by atoms with van der Waals surface area (Å²) in [6.45, 7) is 4.60. The average Bonchev–Trinajstić information content (AvgIpc) is 3.51. The molecule has 1 atom stereocenters. The van der Waals surface area contributed by atoms with E-state index in [4.69, 9.17) is 0 Å². The SMILES string of the molecule is CCn1c2ccccc2c2ccc(NC(=O)C(Cc3c[nH]c4ccccc34)NC(=O)C3CCNCC3)cc21. The number of nitrogens with zero attached hydrogens (tertiary/aromatic N) is 1. The van der Waals surface area contributed by atoms with Crippen LogP contribution in [0.5, 0.6) is 0 Å². The van der Waals surface area contributed by atoms with E-state index in [1.165, 1.54) is 10.9 Å². The van der Waals surface area contributed by atoms with Crippen LogP contribution in [0.2, 0.25) is 0 Å². The van der Waals surface area contributed by atoms with E-state index in [0.29, 0.717) is 6.42 Å². The number of para-hydroxylation sites is 2. The lowest BCUT2D eigenvalue weighted by molar-refractivity contribution is -0.129. The van der Waals surface area contributed by atoms with E-state index in [1.807, 2.05) is 42.6 Å². The highest BCUT2D eigenvalue weighted by Crippen LogP contribution is 2.31. The first-order chi connectivity index (χ1) is 18.6. The maximum atomic E-state index is 13.7. The number of carbonyl (C=O) groups is 2. The zero-order valence-electron chi connectivity index (χ0n) is 21.6. The smallest absolute Gasteiger partial charge is 0.247 e. The number of H-pyrrole nitrogens is 1. The Bertz CT molecular complexity index is 1630. The Hall–Kier alpha value is -4.10. The molecule has 1 aliphatic heterocycles. The highest BCUT2D eigenvalue weighted by atomic mass is 16.2.